The van der Waals surface area contributed by atoms with Gasteiger partial charge in [-0.25, -0.2) is 4.98 Å². The third kappa shape index (κ3) is 2.78. The van der Waals surface area contributed by atoms with E-state index in [0.29, 0.717) is 11.8 Å². The Kier molecular flexibility index (Phi) is 3.36. The molecular formula is C11H20N4. The molecule has 4 nitrogen and oxygen atoms in total. The lowest BCUT2D eigenvalue weighted by Crippen LogP contribution is -2.28. The van der Waals surface area contributed by atoms with E-state index in [1.807, 2.05) is 0 Å². The predicted molar refractivity (Wildman–Crippen MR) is 59.8 cm³/mol. The van der Waals surface area contributed by atoms with Crippen molar-refractivity contribution in [2.45, 2.75) is 39.0 Å². The third-order valence-electron chi connectivity index (χ3n) is 2.81. The first-order valence-corrected chi connectivity index (χ1v) is 5.87. The first-order valence-electron chi connectivity index (χ1n) is 5.87. The summed E-state index contributed by atoms with van der Waals surface area (Å²) in [7, 11) is 0. The number of hydrogen-bond donors (Lipinski definition) is 2. The Morgan fingerprint density at radius 3 is 3.00 bits per heavy atom. The van der Waals surface area contributed by atoms with Gasteiger partial charge in [0.15, 0.2) is 5.82 Å². The molecule has 0 aromatic carbocycles. The average molecular weight is 208 g/mol. The van der Waals surface area contributed by atoms with E-state index in [2.05, 4.69) is 34.3 Å². The Bertz CT molecular complexity index is 299. The quantitative estimate of drug-likeness (QED) is 0.791. The normalized spacial score (nSPS) is 22.2. The molecular weight excluding hydrogens is 188 g/mol. The lowest BCUT2D eigenvalue weighted by atomic mass is 9.99. The topological polar surface area (TPSA) is 53.6 Å². The van der Waals surface area contributed by atoms with Crippen molar-refractivity contribution < 1.29 is 0 Å². The number of aromatic nitrogens is 3. The summed E-state index contributed by atoms with van der Waals surface area (Å²) in [4.78, 5) is 4.57. The van der Waals surface area contributed by atoms with Gasteiger partial charge in [0, 0.05) is 18.9 Å². The monoisotopic (exact) mass is 208 g/mol. The summed E-state index contributed by atoms with van der Waals surface area (Å²) in [6.07, 6.45) is 3.44. The Hall–Kier alpha value is -0.900. The Labute approximate surface area is 90.9 Å². The van der Waals surface area contributed by atoms with Crippen molar-refractivity contribution >= 4 is 0 Å². The van der Waals surface area contributed by atoms with Gasteiger partial charge in [-0.3, -0.25) is 5.10 Å². The molecule has 15 heavy (non-hydrogen) atoms. The summed E-state index contributed by atoms with van der Waals surface area (Å²) in [5, 5.41) is 10.8. The van der Waals surface area contributed by atoms with Gasteiger partial charge in [-0.1, -0.05) is 13.8 Å². The van der Waals surface area contributed by atoms with Crippen molar-refractivity contribution in [3.05, 3.63) is 11.6 Å². The summed E-state index contributed by atoms with van der Waals surface area (Å²) >= 11 is 0. The molecule has 1 aliphatic rings. The lowest BCUT2D eigenvalue weighted by molar-refractivity contribution is 0.447. The first-order chi connectivity index (χ1) is 7.25. The maximum atomic E-state index is 4.57. The van der Waals surface area contributed by atoms with Crippen LogP contribution in [0.5, 0.6) is 0 Å². The van der Waals surface area contributed by atoms with Gasteiger partial charge in [-0.05, 0) is 25.3 Å². The molecule has 1 unspecified atom stereocenters. The molecule has 84 valence electrons. The van der Waals surface area contributed by atoms with E-state index in [1.165, 1.54) is 12.8 Å². The summed E-state index contributed by atoms with van der Waals surface area (Å²) in [6, 6.07) is 0. The van der Waals surface area contributed by atoms with Crippen LogP contribution in [-0.4, -0.2) is 28.3 Å². The number of hydrogen-bond acceptors (Lipinski definition) is 3. The molecule has 0 bridgehead atoms. The summed E-state index contributed by atoms with van der Waals surface area (Å²) in [5.41, 5.74) is 0. The predicted octanol–water partition coefficient (Wildman–Crippen LogP) is 1.47. The second-order valence-corrected chi connectivity index (χ2v) is 4.78. The molecule has 0 amide bonds. The highest BCUT2D eigenvalue weighted by Crippen LogP contribution is 2.19. The Balaban J connectivity index is 1.99. The van der Waals surface area contributed by atoms with Crippen LogP contribution in [0.25, 0.3) is 0 Å². The molecule has 1 aromatic rings. The van der Waals surface area contributed by atoms with E-state index in [-0.39, 0.29) is 0 Å². The van der Waals surface area contributed by atoms with Crippen LogP contribution in [0.3, 0.4) is 0 Å². The van der Waals surface area contributed by atoms with E-state index in [0.717, 1.165) is 31.2 Å². The second kappa shape index (κ2) is 4.75. The SMILES string of the molecule is CC(C)Cc1nc(C2CCCNC2)n[nH]1. The Morgan fingerprint density at radius 1 is 1.47 bits per heavy atom. The number of nitrogens with zero attached hydrogens (tertiary/aromatic N) is 2. The van der Waals surface area contributed by atoms with Crippen molar-refractivity contribution in [3.8, 4) is 0 Å². The van der Waals surface area contributed by atoms with Crippen LogP contribution >= 0.6 is 0 Å². The molecule has 2 N–H and O–H groups in total. The molecule has 1 fully saturated rings. The molecule has 0 radical (unpaired) electrons. The first kappa shape index (κ1) is 10.6. The molecule has 0 saturated carbocycles. The van der Waals surface area contributed by atoms with Gasteiger partial charge >= 0.3 is 0 Å². The highest BCUT2D eigenvalue weighted by molar-refractivity contribution is 5.00. The minimum atomic E-state index is 0.510. The van der Waals surface area contributed by atoms with Crippen LogP contribution in [-0.2, 0) is 6.42 Å². The van der Waals surface area contributed by atoms with Gasteiger partial charge in [-0.15, -0.1) is 0 Å². The maximum Gasteiger partial charge on any atom is 0.155 e. The van der Waals surface area contributed by atoms with Gasteiger partial charge < -0.3 is 5.32 Å². The van der Waals surface area contributed by atoms with Crippen LogP contribution in [0.1, 0.15) is 44.3 Å². The number of aromatic amines is 1. The minimum absolute atomic E-state index is 0.510. The van der Waals surface area contributed by atoms with Crippen molar-refractivity contribution in [2.75, 3.05) is 13.1 Å². The van der Waals surface area contributed by atoms with E-state index >= 15 is 0 Å². The van der Waals surface area contributed by atoms with Crippen molar-refractivity contribution in [1.29, 1.82) is 0 Å². The zero-order valence-electron chi connectivity index (χ0n) is 9.58. The largest absolute Gasteiger partial charge is 0.316 e. The maximum absolute atomic E-state index is 4.57. The van der Waals surface area contributed by atoms with Gasteiger partial charge in [0.25, 0.3) is 0 Å². The van der Waals surface area contributed by atoms with E-state index in [1.54, 1.807) is 0 Å². The fraction of sp³-hybridized carbons (Fsp3) is 0.818. The highest BCUT2D eigenvalue weighted by atomic mass is 15.2. The molecule has 4 heteroatoms. The van der Waals surface area contributed by atoms with Crippen LogP contribution in [0.4, 0.5) is 0 Å². The average Bonchev–Trinajstić information content (AvgIpc) is 2.67. The number of rotatable bonds is 3. The molecule has 2 rings (SSSR count). The number of nitrogens with one attached hydrogen (secondary N) is 2. The standard InChI is InChI=1S/C11H20N4/c1-8(2)6-10-13-11(15-14-10)9-4-3-5-12-7-9/h8-9,12H,3-7H2,1-2H3,(H,13,14,15). The minimum Gasteiger partial charge on any atom is -0.316 e. The fourth-order valence-electron chi connectivity index (χ4n) is 2.04. The van der Waals surface area contributed by atoms with Crippen LogP contribution in [0, 0.1) is 5.92 Å². The molecule has 0 aliphatic carbocycles. The number of piperidine rings is 1. The van der Waals surface area contributed by atoms with E-state index < -0.39 is 0 Å². The van der Waals surface area contributed by atoms with Crippen LogP contribution < -0.4 is 5.32 Å². The fourth-order valence-corrected chi connectivity index (χ4v) is 2.04. The Morgan fingerprint density at radius 2 is 2.33 bits per heavy atom. The van der Waals surface area contributed by atoms with Gasteiger partial charge in [0.2, 0.25) is 0 Å². The molecule has 1 atom stereocenters. The third-order valence-corrected chi connectivity index (χ3v) is 2.81. The van der Waals surface area contributed by atoms with Crippen molar-refractivity contribution in [2.24, 2.45) is 5.92 Å². The smallest absolute Gasteiger partial charge is 0.155 e. The van der Waals surface area contributed by atoms with Crippen LogP contribution in [0.15, 0.2) is 0 Å². The van der Waals surface area contributed by atoms with E-state index in [9.17, 15) is 0 Å². The summed E-state index contributed by atoms with van der Waals surface area (Å²) in [6.45, 7) is 6.56. The lowest BCUT2D eigenvalue weighted by Gasteiger charge is -2.19. The molecule has 1 aromatic heterocycles. The van der Waals surface area contributed by atoms with E-state index in [4.69, 9.17) is 0 Å². The highest BCUT2D eigenvalue weighted by Gasteiger charge is 2.19. The van der Waals surface area contributed by atoms with Crippen LogP contribution in [0.2, 0.25) is 0 Å². The van der Waals surface area contributed by atoms with Gasteiger partial charge in [-0.2, -0.15) is 5.10 Å². The van der Waals surface area contributed by atoms with Crippen molar-refractivity contribution in [1.82, 2.24) is 20.5 Å². The molecule has 0 spiro atoms. The summed E-state index contributed by atoms with van der Waals surface area (Å²) in [5.74, 6) is 3.18. The van der Waals surface area contributed by atoms with Gasteiger partial charge in [0.1, 0.15) is 5.82 Å². The molecule has 1 saturated heterocycles. The number of H-pyrrole nitrogens is 1. The zero-order chi connectivity index (χ0) is 10.7. The summed E-state index contributed by atoms with van der Waals surface area (Å²) < 4.78 is 0. The molecule has 1 aliphatic heterocycles. The zero-order valence-corrected chi connectivity index (χ0v) is 9.58. The molecule has 2 heterocycles. The van der Waals surface area contributed by atoms with Gasteiger partial charge in [0.05, 0.1) is 0 Å². The van der Waals surface area contributed by atoms with Crippen molar-refractivity contribution in [3.63, 3.8) is 0 Å². The second-order valence-electron chi connectivity index (χ2n) is 4.78.